The molecular weight excluding hydrogens is 380 g/mol. The molecule has 0 saturated carbocycles. The molecule has 0 heterocycles. The molecule has 4 rings (SSSR count). The van der Waals surface area contributed by atoms with Crippen molar-refractivity contribution < 1.29 is 4.74 Å². The van der Waals surface area contributed by atoms with Crippen molar-refractivity contribution in [2.75, 3.05) is 10.6 Å². The molecule has 0 unspecified atom stereocenters. The van der Waals surface area contributed by atoms with E-state index in [0.29, 0.717) is 0 Å². The highest BCUT2D eigenvalue weighted by molar-refractivity contribution is 5.58. The first-order valence-corrected chi connectivity index (χ1v) is 10.6. The smallest absolute Gasteiger partial charge is 0.150 e. The second-order valence-electron chi connectivity index (χ2n) is 7.68. The summed E-state index contributed by atoms with van der Waals surface area (Å²) in [5.74, 6) is 1.63. The van der Waals surface area contributed by atoms with Crippen molar-refractivity contribution in [2.45, 2.75) is 26.9 Å². The third-order valence-electron chi connectivity index (χ3n) is 5.44. The maximum Gasteiger partial charge on any atom is 0.150 e. The Morgan fingerprint density at radius 2 is 1.13 bits per heavy atom. The first-order valence-electron chi connectivity index (χ1n) is 10.6. The van der Waals surface area contributed by atoms with Gasteiger partial charge in [-0.25, -0.2) is 0 Å². The first-order chi connectivity index (χ1) is 15.2. The van der Waals surface area contributed by atoms with Gasteiger partial charge in [0.25, 0.3) is 0 Å². The molecule has 31 heavy (non-hydrogen) atoms. The van der Waals surface area contributed by atoms with Crippen LogP contribution in [0, 0.1) is 13.8 Å². The number of rotatable bonds is 8. The van der Waals surface area contributed by atoms with Crippen LogP contribution in [0.3, 0.4) is 0 Å². The number of ether oxygens (including phenoxy) is 1. The molecule has 3 nitrogen and oxygen atoms in total. The molecule has 4 aromatic carbocycles. The van der Waals surface area contributed by atoms with Gasteiger partial charge in [0, 0.05) is 18.8 Å². The van der Waals surface area contributed by atoms with E-state index >= 15 is 0 Å². The van der Waals surface area contributed by atoms with Crippen molar-refractivity contribution in [1.82, 2.24) is 0 Å². The molecule has 0 fully saturated rings. The molecule has 0 radical (unpaired) electrons. The zero-order valence-corrected chi connectivity index (χ0v) is 18.1. The number of hydrogen-bond acceptors (Lipinski definition) is 3. The average molecular weight is 409 g/mol. The van der Waals surface area contributed by atoms with Crippen molar-refractivity contribution in [3.05, 3.63) is 119 Å². The highest BCUT2D eigenvalue weighted by Gasteiger charge is 2.06. The van der Waals surface area contributed by atoms with E-state index in [2.05, 4.69) is 85.1 Å². The predicted octanol–water partition coefficient (Wildman–Crippen LogP) is 7.32. The molecule has 0 atom stereocenters. The Morgan fingerprint density at radius 3 is 1.77 bits per heavy atom. The molecule has 156 valence electrons. The Labute approximate surface area is 184 Å². The van der Waals surface area contributed by atoms with E-state index < -0.39 is 0 Å². The molecule has 0 spiro atoms. The molecule has 0 amide bonds. The van der Waals surface area contributed by atoms with Crippen LogP contribution < -0.4 is 15.4 Å². The summed E-state index contributed by atoms with van der Waals surface area (Å²) in [6.45, 7) is 5.83. The van der Waals surface area contributed by atoms with Crippen LogP contribution in [0.4, 0.5) is 11.4 Å². The molecule has 0 saturated heterocycles. The highest BCUT2D eigenvalue weighted by atomic mass is 16.5. The van der Waals surface area contributed by atoms with Crippen LogP contribution in [0.15, 0.2) is 97.1 Å². The Hall–Kier alpha value is -3.72. The third kappa shape index (κ3) is 5.46. The highest BCUT2D eigenvalue weighted by Crippen LogP contribution is 2.30. The quantitative estimate of drug-likeness (QED) is 0.320. The van der Waals surface area contributed by atoms with Crippen molar-refractivity contribution in [3.8, 4) is 11.5 Å². The van der Waals surface area contributed by atoms with Crippen molar-refractivity contribution in [3.63, 3.8) is 0 Å². The number of hydrogen-bond donors (Lipinski definition) is 2. The van der Waals surface area contributed by atoms with E-state index in [9.17, 15) is 0 Å². The Kier molecular flexibility index (Phi) is 6.53. The minimum absolute atomic E-state index is 0.759. The third-order valence-corrected chi connectivity index (χ3v) is 5.44. The van der Waals surface area contributed by atoms with Gasteiger partial charge in [-0.3, -0.25) is 0 Å². The SMILES string of the molecule is Cc1ccccc1CNc1ccc(Oc2ccccc2NCc2ccccc2C)cc1. The van der Waals surface area contributed by atoms with Gasteiger partial charge >= 0.3 is 0 Å². The van der Waals surface area contributed by atoms with Crippen molar-refractivity contribution in [2.24, 2.45) is 0 Å². The second kappa shape index (κ2) is 9.86. The van der Waals surface area contributed by atoms with Crippen LogP contribution in [0.25, 0.3) is 0 Å². The summed E-state index contributed by atoms with van der Waals surface area (Å²) in [5.41, 5.74) is 7.21. The predicted molar refractivity (Wildman–Crippen MR) is 130 cm³/mol. The van der Waals surface area contributed by atoms with Gasteiger partial charge < -0.3 is 15.4 Å². The van der Waals surface area contributed by atoms with Crippen molar-refractivity contribution in [1.29, 1.82) is 0 Å². The molecule has 2 N–H and O–H groups in total. The van der Waals surface area contributed by atoms with Gasteiger partial charge in [-0.1, -0.05) is 60.7 Å². The second-order valence-corrected chi connectivity index (χ2v) is 7.68. The molecule has 0 aliphatic rings. The zero-order valence-electron chi connectivity index (χ0n) is 18.1. The van der Waals surface area contributed by atoms with Crippen LogP contribution in [-0.4, -0.2) is 0 Å². The monoisotopic (exact) mass is 408 g/mol. The Morgan fingerprint density at radius 1 is 0.581 bits per heavy atom. The number of benzene rings is 4. The van der Waals surface area contributed by atoms with Gasteiger partial charge in [0.1, 0.15) is 5.75 Å². The van der Waals surface area contributed by atoms with Crippen LogP contribution in [0.1, 0.15) is 22.3 Å². The van der Waals surface area contributed by atoms with Gasteiger partial charge in [0.2, 0.25) is 0 Å². The van der Waals surface area contributed by atoms with Crippen molar-refractivity contribution >= 4 is 11.4 Å². The van der Waals surface area contributed by atoms with Crippen LogP contribution in [-0.2, 0) is 13.1 Å². The fraction of sp³-hybridized carbons (Fsp3) is 0.143. The minimum Gasteiger partial charge on any atom is -0.455 e. The standard InChI is InChI=1S/C28H28N2O/c1-21-9-3-5-11-23(21)19-29-25-15-17-26(18-16-25)31-28-14-8-7-13-27(28)30-20-24-12-6-4-10-22(24)2/h3-18,29-30H,19-20H2,1-2H3. The first kappa shape index (κ1) is 20.5. The van der Waals surface area contributed by atoms with E-state index in [1.54, 1.807) is 0 Å². The number of para-hydroxylation sites is 2. The largest absolute Gasteiger partial charge is 0.455 e. The topological polar surface area (TPSA) is 33.3 Å². The maximum absolute atomic E-state index is 6.17. The summed E-state index contributed by atoms with van der Waals surface area (Å²) < 4.78 is 6.17. The summed E-state index contributed by atoms with van der Waals surface area (Å²) in [6, 6.07) is 33.0. The lowest BCUT2D eigenvalue weighted by Crippen LogP contribution is -2.02. The lowest BCUT2D eigenvalue weighted by Gasteiger charge is -2.14. The number of anilines is 2. The van der Waals surface area contributed by atoms with E-state index in [-0.39, 0.29) is 0 Å². The normalized spacial score (nSPS) is 10.5. The van der Waals surface area contributed by atoms with E-state index in [1.165, 1.54) is 22.3 Å². The van der Waals surface area contributed by atoms with Gasteiger partial charge in [0.05, 0.1) is 5.69 Å². The van der Waals surface area contributed by atoms with Gasteiger partial charge in [0.15, 0.2) is 5.75 Å². The summed E-state index contributed by atoms with van der Waals surface area (Å²) in [5, 5.41) is 6.99. The molecule has 0 aliphatic carbocycles. The van der Waals surface area contributed by atoms with Gasteiger partial charge in [-0.15, -0.1) is 0 Å². The number of aryl methyl sites for hydroxylation is 2. The fourth-order valence-electron chi connectivity index (χ4n) is 3.47. The zero-order chi connectivity index (χ0) is 21.5. The Bertz CT molecular complexity index is 1140. The molecule has 3 heteroatoms. The van der Waals surface area contributed by atoms with Crippen LogP contribution in [0.5, 0.6) is 11.5 Å². The molecule has 0 aromatic heterocycles. The molecule has 4 aromatic rings. The summed E-state index contributed by atoms with van der Waals surface area (Å²) in [6.07, 6.45) is 0. The summed E-state index contributed by atoms with van der Waals surface area (Å²) >= 11 is 0. The lowest BCUT2D eigenvalue weighted by atomic mass is 10.1. The Balaban J connectivity index is 1.39. The minimum atomic E-state index is 0.759. The lowest BCUT2D eigenvalue weighted by molar-refractivity contribution is 0.484. The molecular formula is C28H28N2O. The van der Waals surface area contributed by atoms with E-state index in [4.69, 9.17) is 4.74 Å². The van der Waals surface area contributed by atoms with E-state index in [0.717, 1.165) is 36.0 Å². The summed E-state index contributed by atoms with van der Waals surface area (Å²) in [4.78, 5) is 0. The van der Waals surface area contributed by atoms with Gasteiger partial charge in [-0.2, -0.15) is 0 Å². The van der Waals surface area contributed by atoms with Crippen LogP contribution in [0.2, 0.25) is 0 Å². The molecule has 0 bridgehead atoms. The molecule has 0 aliphatic heterocycles. The van der Waals surface area contributed by atoms with Crippen LogP contribution >= 0.6 is 0 Å². The van der Waals surface area contributed by atoms with E-state index in [1.807, 2.05) is 36.4 Å². The average Bonchev–Trinajstić information content (AvgIpc) is 2.80. The fourth-order valence-corrected chi connectivity index (χ4v) is 3.47. The summed E-state index contributed by atoms with van der Waals surface area (Å²) in [7, 11) is 0. The van der Waals surface area contributed by atoms with Gasteiger partial charge in [-0.05, 0) is 72.5 Å². The maximum atomic E-state index is 6.17. The number of nitrogens with one attached hydrogen (secondary N) is 2.